The van der Waals surface area contributed by atoms with Crippen LogP contribution in [-0.4, -0.2) is 52.4 Å². The summed E-state index contributed by atoms with van der Waals surface area (Å²) in [7, 11) is 0. The number of aromatic nitrogens is 1. The largest absolute Gasteiger partial charge is 0.396 e. The van der Waals surface area contributed by atoms with E-state index in [1.54, 1.807) is 21.6 Å². The molecule has 2 fully saturated rings. The zero-order chi connectivity index (χ0) is 20.1. The Morgan fingerprint density at radius 3 is 2.68 bits per heavy atom. The van der Waals surface area contributed by atoms with Gasteiger partial charge in [0.1, 0.15) is 0 Å². The normalized spacial score (nSPS) is 29.6. The van der Waals surface area contributed by atoms with Gasteiger partial charge in [0.2, 0.25) is 5.91 Å². The summed E-state index contributed by atoms with van der Waals surface area (Å²) >= 11 is 0. The number of rotatable bonds is 6. The molecule has 9 heteroatoms. The number of fused-ring (bicyclic) bond motifs is 3. The average molecular weight is 399 g/mol. The minimum atomic E-state index is -4.35. The fourth-order valence-electron chi connectivity index (χ4n) is 4.74. The van der Waals surface area contributed by atoms with Crippen molar-refractivity contribution in [2.75, 3.05) is 19.7 Å². The van der Waals surface area contributed by atoms with E-state index in [0.29, 0.717) is 24.7 Å². The highest BCUT2D eigenvalue weighted by Gasteiger charge is 2.55. The number of likely N-dealkylation sites (tertiary alicyclic amines) is 1. The Balaban J connectivity index is 1.65. The summed E-state index contributed by atoms with van der Waals surface area (Å²) < 4.78 is 40.4. The molecule has 6 nitrogen and oxygen atoms in total. The Morgan fingerprint density at radius 2 is 2.04 bits per heavy atom. The van der Waals surface area contributed by atoms with Gasteiger partial charge in [-0.25, -0.2) is 0 Å². The van der Waals surface area contributed by atoms with E-state index in [1.165, 1.54) is 6.07 Å². The van der Waals surface area contributed by atoms with Gasteiger partial charge in [-0.2, -0.15) is 13.2 Å². The van der Waals surface area contributed by atoms with Crippen LogP contribution in [0.25, 0.3) is 0 Å². The molecule has 28 heavy (non-hydrogen) atoms. The molecule has 1 aliphatic carbocycles. The number of alkyl halides is 3. The monoisotopic (exact) mass is 399 g/mol. The van der Waals surface area contributed by atoms with Crippen molar-refractivity contribution in [3.63, 3.8) is 0 Å². The van der Waals surface area contributed by atoms with Crippen LogP contribution in [0, 0.1) is 17.8 Å². The summed E-state index contributed by atoms with van der Waals surface area (Å²) in [6.07, 6.45) is -3.30. The van der Waals surface area contributed by atoms with E-state index in [1.807, 2.05) is 0 Å². The Hall–Kier alpha value is -1.87. The number of hydrogen-bond acceptors (Lipinski definition) is 4. The van der Waals surface area contributed by atoms with Crippen molar-refractivity contribution >= 4 is 5.91 Å². The van der Waals surface area contributed by atoms with Gasteiger partial charge < -0.3 is 15.0 Å². The van der Waals surface area contributed by atoms with E-state index in [9.17, 15) is 27.9 Å². The molecule has 0 aromatic carbocycles. The maximum Gasteiger partial charge on any atom is 0.390 e. The molecule has 2 N–H and O–H groups in total. The molecule has 2 aliphatic heterocycles. The molecule has 0 unspecified atom stereocenters. The van der Waals surface area contributed by atoms with Crippen LogP contribution < -0.4 is 10.9 Å². The van der Waals surface area contributed by atoms with Crippen molar-refractivity contribution < 1.29 is 23.1 Å². The van der Waals surface area contributed by atoms with E-state index in [4.69, 9.17) is 0 Å². The summed E-state index contributed by atoms with van der Waals surface area (Å²) in [5, 5.41) is 12.9. The number of nitrogens with one attached hydrogen (secondary N) is 1. The van der Waals surface area contributed by atoms with Gasteiger partial charge in [0.25, 0.3) is 5.56 Å². The fraction of sp³-hybridized carbons (Fsp3) is 0.684. The minimum absolute atomic E-state index is 0.214. The maximum absolute atomic E-state index is 13.0. The average Bonchev–Trinajstić information content (AvgIpc) is 3.30. The lowest BCUT2D eigenvalue weighted by Gasteiger charge is -2.31. The van der Waals surface area contributed by atoms with E-state index in [0.717, 1.165) is 12.8 Å². The molecule has 0 spiro atoms. The molecule has 1 aromatic heterocycles. The number of carbonyl (C=O) groups is 1. The Kier molecular flexibility index (Phi) is 4.99. The molecular formula is C19H24F3N3O3. The second-order valence-electron chi connectivity index (χ2n) is 8.09. The Morgan fingerprint density at radius 1 is 1.29 bits per heavy atom. The standard InChI is InChI=1S/C19H24F3N3O3/c20-19(21,22)6-7-24-16-12(9-25-14(16)2-1-3-15(25)27)13(10-26)17(24)18(28)23-8-11-4-5-11/h1-3,11-13,16-17,26H,4-10H2,(H,23,28)/t12-,13-,16+,17-/m0/s1. The number of amides is 1. The van der Waals surface area contributed by atoms with Gasteiger partial charge >= 0.3 is 6.18 Å². The van der Waals surface area contributed by atoms with Crippen LogP contribution in [0.4, 0.5) is 13.2 Å². The minimum Gasteiger partial charge on any atom is -0.396 e. The Bertz CT molecular complexity index is 806. The molecule has 0 bridgehead atoms. The van der Waals surface area contributed by atoms with Crippen LogP contribution in [0.3, 0.4) is 0 Å². The zero-order valence-corrected chi connectivity index (χ0v) is 15.4. The predicted octanol–water partition coefficient (Wildman–Crippen LogP) is 1.29. The highest BCUT2D eigenvalue weighted by molar-refractivity contribution is 5.82. The molecule has 154 valence electrons. The first-order chi connectivity index (χ1) is 13.3. The van der Waals surface area contributed by atoms with Gasteiger partial charge in [-0.15, -0.1) is 0 Å². The van der Waals surface area contributed by atoms with Gasteiger partial charge in [0.15, 0.2) is 0 Å². The first-order valence-electron chi connectivity index (χ1n) is 9.71. The lowest BCUT2D eigenvalue weighted by atomic mass is 9.88. The van der Waals surface area contributed by atoms with Crippen molar-refractivity contribution in [1.29, 1.82) is 0 Å². The third-order valence-corrected chi connectivity index (χ3v) is 6.25. The molecule has 0 radical (unpaired) electrons. The highest BCUT2D eigenvalue weighted by Crippen LogP contribution is 2.49. The van der Waals surface area contributed by atoms with Crippen LogP contribution in [0.5, 0.6) is 0 Å². The smallest absolute Gasteiger partial charge is 0.390 e. The van der Waals surface area contributed by atoms with Gasteiger partial charge in [-0.05, 0) is 24.8 Å². The van der Waals surface area contributed by atoms with Gasteiger partial charge in [-0.1, -0.05) is 6.07 Å². The van der Waals surface area contributed by atoms with E-state index < -0.39 is 30.6 Å². The van der Waals surface area contributed by atoms with Crippen molar-refractivity contribution in [1.82, 2.24) is 14.8 Å². The summed E-state index contributed by atoms with van der Waals surface area (Å²) in [5.41, 5.74) is 0.407. The summed E-state index contributed by atoms with van der Waals surface area (Å²) in [6, 6.07) is 3.42. The number of carbonyl (C=O) groups excluding carboxylic acids is 1. The number of nitrogens with zero attached hydrogens (tertiary/aromatic N) is 2. The van der Waals surface area contributed by atoms with Gasteiger partial charge in [-0.3, -0.25) is 14.5 Å². The fourth-order valence-corrected chi connectivity index (χ4v) is 4.74. The summed E-state index contributed by atoms with van der Waals surface area (Å²) in [5.74, 6) is -0.672. The van der Waals surface area contributed by atoms with Crippen LogP contribution in [-0.2, 0) is 11.3 Å². The van der Waals surface area contributed by atoms with Crippen LogP contribution >= 0.6 is 0 Å². The van der Waals surface area contributed by atoms with Crippen LogP contribution in [0.1, 0.15) is 31.0 Å². The van der Waals surface area contributed by atoms with Gasteiger partial charge in [0, 0.05) is 49.8 Å². The van der Waals surface area contributed by atoms with Crippen molar-refractivity contribution in [2.45, 2.75) is 44.1 Å². The first kappa shape index (κ1) is 19.4. The van der Waals surface area contributed by atoms with E-state index >= 15 is 0 Å². The lowest BCUT2D eigenvalue weighted by molar-refractivity contribution is -0.143. The molecule has 1 saturated carbocycles. The third kappa shape index (κ3) is 3.57. The SMILES string of the molecule is O=C(NCC1CC1)[C@@H]1[C@@H](CO)[C@@H]2Cn3c(cccc3=O)[C@@H]2N1CCC(F)(F)F. The highest BCUT2D eigenvalue weighted by atomic mass is 19.4. The third-order valence-electron chi connectivity index (χ3n) is 6.25. The predicted molar refractivity (Wildman–Crippen MR) is 94.4 cm³/mol. The number of aliphatic hydroxyl groups excluding tert-OH is 1. The zero-order valence-electron chi connectivity index (χ0n) is 15.4. The topological polar surface area (TPSA) is 74.6 Å². The summed E-state index contributed by atoms with van der Waals surface area (Å²) in [6.45, 7) is 0.172. The lowest BCUT2D eigenvalue weighted by Crippen LogP contribution is -2.49. The second kappa shape index (κ2) is 7.18. The molecule has 4 atom stereocenters. The van der Waals surface area contributed by atoms with Crippen molar-refractivity contribution in [3.05, 3.63) is 34.2 Å². The van der Waals surface area contributed by atoms with Crippen molar-refractivity contribution in [3.8, 4) is 0 Å². The first-order valence-corrected chi connectivity index (χ1v) is 9.71. The number of aliphatic hydroxyl groups is 1. The van der Waals surface area contributed by atoms with Crippen LogP contribution in [0.2, 0.25) is 0 Å². The van der Waals surface area contributed by atoms with Crippen LogP contribution in [0.15, 0.2) is 23.0 Å². The molecule has 3 aliphatic rings. The quantitative estimate of drug-likeness (QED) is 0.756. The Labute approximate surface area is 160 Å². The van der Waals surface area contributed by atoms with E-state index in [-0.39, 0.29) is 30.5 Å². The summed E-state index contributed by atoms with van der Waals surface area (Å²) in [4.78, 5) is 26.6. The molecule has 1 saturated heterocycles. The van der Waals surface area contributed by atoms with E-state index in [2.05, 4.69) is 5.32 Å². The molecule has 1 amide bonds. The number of halogens is 3. The number of hydrogen-bond donors (Lipinski definition) is 2. The molecular weight excluding hydrogens is 375 g/mol. The maximum atomic E-state index is 13.0. The second-order valence-corrected chi connectivity index (χ2v) is 8.09. The van der Waals surface area contributed by atoms with Crippen molar-refractivity contribution in [2.24, 2.45) is 17.8 Å². The van der Waals surface area contributed by atoms with Gasteiger partial charge in [0.05, 0.1) is 18.5 Å². The molecule has 4 rings (SSSR count). The molecule has 1 aromatic rings. The molecule has 3 heterocycles. The number of pyridine rings is 1.